The van der Waals surface area contributed by atoms with Crippen LogP contribution in [-0.2, 0) is 11.2 Å². The van der Waals surface area contributed by atoms with Crippen LogP contribution in [0.1, 0.15) is 25.3 Å². The number of amides is 1. The molecule has 1 saturated heterocycles. The molecule has 0 aliphatic carbocycles. The lowest BCUT2D eigenvalue weighted by molar-refractivity contribution is -0.127. The molecule has 0 saturated carbocycles. The first-order valence-electron chi connectivity index (χ1n) is 7.39. The molecule has 116 valence electrons. The number of benzene rings is 1. The van der Waals surface area contributed by atoms with Crippen molar-refractivity contribution in [3.63, 3.8) is 0 Å². The molecule has 2 heterocycles. The summed E-state index contributed by atoms with van der Waals surface area (Å²) in [5, 5.41) is 6.44. The summed E-state index contributed by atoms with van der Waals surface area (Å²) in [6.45, 7) is 5.07. The van der Waals surface area contributed by atoms with Gasteiger partial charge >= 0.3 is 0 Å². The normalized spacial score (nSPS) is 22.6. The van der Waals surface area contributed by atoms with Crippen molar-refractivity contribution in [1.82, 2.24) is 10.6 Å². The summed E-state index contributed by atoms with van der Waals surface area (Å²) in [4.78, 5) is 12.2. The molecule has 21 heavy (non-hydrogen) atoms. The Kier molecular flexibility index (Phi) is 5.12. The second-order valence-electron chi connectivity index (χ2n) is 6.20. The van der Waals surface area contributed by atoms with Crippen LogP contribution in [0.5, 0.6) is 5.75 Å². The highest BCUT2D eigenvalue weighted by Gasteiger charge is 2.31. The number of hydrogen-bond acceptors (Lipinski definition) is 3. The highest BCUT2D eigenvalue weighted by Crippen LogP contribution is 2.29. The van der Waals surface area contributed by atoms with Crippen LogP contribution >= 0.6 is 12.4 Å². The topological polar surface area (TPSA) is 50.4 Å². The molecule has 1 unspecified atom stereocenters. The molecule has 1 aromatic carbocycles. The highest BCUT2D eigenvalue weighted by atomic mass is 35.5. The fraction of sp³-hybridized carbons (Fsp3) is 0.562. The number of piperidine rings is 1. The van der Waals surface area contributed by atoms with Crippen LogP contribution in [0.2, 0.25) is 0 Å². The van der Waals surface area contributed by atoms with Crippen LogP contribution in [0.3, 0.4) is 0 Å². The van der Waals surface area contributed by atoms with E-state index in [4.69, 9.17) is 4.74 Å². The third kappa shape index (κ3) is 3.69. The van der Waals surface area contributed by atoms with Gasteiger partial charge in [-0.05, 0) is 43.0 Å². The van der Waals surface area contributed by atoms with Gasteiger partial charge in [-0.15, -0.1) is 12.4 Å². The second kappa shape index (κ2) is 6.67. The summed E-state index contributed by atoms with van der Waals surface area (Å²) in [7, 11) is 0. The number of fused-ring (bicyclic) bond motifs is 1. The van der Waals surface area contributed by atoms with Gasteiger partial charge in [-0.2, -0.15) is 0 Å². The van der Waals surface area contributed by atoms with Gasteiger partial charge in [-0.25, -0.2) is 0 Å². The molecule has 2 aliphatic heterocycles. The molecular weight excluding hydrogens is 288 g/mol. The van der Waals surface area contributed by atoms with Crippen LogP contribution in [0.25, 0.3) is 0 Å². The fourth-order valence-corrected chi connectivity index (χ4v) is 2.95. The lowest BCUT2D eigenvalue weighted by atomic mass is 9.81. The Hall–Kier alpha value is -1.26. The quantitative estimate of drug-likeness (QED) is 0.897. The van der Waals surface area contributed by atoms with E-state index in [1.165, 1.54) is 0 Å². The van der Waals surface area contributed by atoms with E-state index in [1.807, 2.05) is 24.3 Å². The monoisotopic (exact) mass is 310 g/mol. The molecule has 1 aromatic rings. The van der Waals surface area contributed by atoms with Crippen molar-refractivity contribution in [2.24, 2.45) is 5.41 Å². The van der Waals surface area contributed by atoms with E-state index < -0.39 is 0 Å². The molecule has 1 atom stereocenters. The predicted molar refractivity (Wildman–Crippen MR) is 85.0 cm³/mol. The van der Waals surface area contributed by atoms with E-state index in [0.717, 1.165) is 43.8 Å². The molecular formula is C16H23ClN2O2. The van der Waals surface area contributed by atoms with Gasteiger partial charge in [0.25, 0.3) is 5.91 Å². The average molecular weight is 311 g/mol. The van der Waals surface area contributed by atoms with Gasteiger partial charge in [0.2, 0.25) is 0 Å². The van der Waals surface area contributed by atoms with Crippen LogP contribution in [0.4, 0.5) is 0 Å². The summed E-state index contributed by atoms with van der Waals surface area (Å²) in [6.07, 6.45) is 2.54. The maximum atomic E-state index is 12.2. The lowest BCUT2D eigenvalue weighted by Gasteiger charge is -2.34. The van der Waals surface area contributed by atoms with E-state index in [2.05, 4.69) is 17.6 Å². The van der Waals surface area contributed by atoms with Crippen molar-refractivity contribution in [3.05, 3.63) is 29.8 Å². The molecule has 0 spiro atoms. The molecule has 0 bridgehead atoms. The van der Waals surface area contributed by atoms with Gasteiger partial charge < -0.3 is 15.4 Å². The Labute approximate surface area is 132 Å². The fourth-order valence-electron chi connectivity index (χ4n) is 2.95. The van der Waals surface area contributed by atoms with Crippen molar-refractivity contribution in [2.45, 2.75) is 32.3 Å². The van der Waals surface area contributed by atoms with Gasteiger partial charge in [0.1, 0.15) is 5.75 Å². The number of nitrogens with one attached hydrogen (secondary N) is 2. The van der Waals surface area contributed by atoms with E-state index in [-0.39, 0.29) is 29.8 Å². The average Bonchev–Trinajstić information content (AvgIpc) is 2.89. The maximum absolute atomic E-state index is 12.2. The summed E-state index contributed by atoms with van der Waals surface area (Å²) >= 11 is 0. The van der Waals surface area contributed by atoms with Crippen molar-refractivity contribution < 1.29 is 9.53 Å². The predicted octanol–water partition coefficient (Wildman–Crippen LogP) is 1.92. The first-order valence-corrected chi connectivity index (χ1v) is 7.39. The zero-order valence-electron chi connectivity index (χ0n) is 12.4. The van der Waals surface area contributed by atoms with E-state index in [9.17, 15) is 4.79 Å². The highest BCUT2D eigenvalue weighted by molar-refractivity contribution is 5.85. The van der Waals surface area contributed by atoms with Gasteiger partial charge in [0.05, 0.1) is 0 Å². The minimum atomic E-state index is -0.363. The van der Waals surface area contributed by atoms with E-state index in [1.54, 1.807) is 0 Å². The second-order valence-corrected chi connectivity index (χ2v) is 6.20. The number of carbonyl (C=O) groups excluding carboxylic acids is 1. The third-order valence-corrected chi connectivity index (χ3v) is 4.44. The van der Waals surface area contributed by atoms with Gasteiger partial charge in [0.15, 0.2) is 6.10 Å². The summed E-state index contributed by atoms with van der Waals surface area (Å²) in [5.74, 6) is 0.863. The van der Waals surface area contributed by atoms with Gasteiger partial charge in [-0.1, -0.05) is 25.1 Å². The third-order valence-electron chi connectivity index (χ3n) is 4.44. The van der Waals surface area contributed by atoms with E-state index >= 15 is 0 Å². The minimum absolute atomic E-state index is 0. The van der Waals surface area contributed by atoms with Crippen molar-refractivity contribution in [2.75, 3.05) is 19.6 Å². The van der Waals surface area contributed by atoms with Crippen LogP contribution in [-0.4, -0.2) is 31.6 Å². The Morgan fingerprint density at radius 1 is 1.38 bits per heavy atom. The molecule has 2 N–H and O–H groups in total. The number of halogens is 1. The van der Waals surface area contributed by atoms with Gasteiger partial charge in [0, 0.05) is 13.0 Å². The van der Waals surface area contributed by atoms with Crippen molar-refractivity contribution in [3.8, 4) is 5.75 Å². The first kappa shape index (κ1) is 16.1. The van der Waals surface area contributed by atoms with Crippen molar-refractivity contribution in [1.29, 1.82) is 0 Å². The standard InChI is InChI=1S/C16H22N2O2.ClH/c1-16(6-8-17-9-7-16)11-18-15(19)14-10-12-4-2-3-5-13(12)20-14;/h2-5,14,17H,6-11H2,1H3,(H,18,19);1H. The van der Waals surface area contributed by atoms with Crippen LogP contribution in [0, 0.1) is 5.41 Å². The molecule has 4 nitrogen and oxygen atoms in total. The number of carbonyl (C=O) groups is 1. The SMILES string of the molecule is CC1(CNC(=O)C2Cc3ccccc3O2)CCNCC1.Cl. The Balaban J connectivity index is 0.00000161. The zero-order chi connectivity index (χ0) is 14.0. The Morgan fingerprint density at radius 2 is 2.10 bits per heavy atom. The summed E-state index contributed by atoms with van der Waals surface area (Å²) < 4.78 is 5.72. The number of para-hydroxylation sites is 1. The Morgan fingerprint density at radius 3 is 2.81 bits per heavy atom. The van der Waals surface area contributed by atoms with Crippen LogP contribution < -0.4 is 15.4 Å². The van der Waals surface area contributed by atoms with Crippen molar-refractivity contribution >= 4 is 18.3 Å². The first-order chi connectivity index (χ1) is 9.66. The smallest absolute Gasteiger partial charge is 0.261 e. The van der Waals surface area contributed by atoms with E-state index in [0.29, 0.717) is 6.42 Å². The number of hydrogen-bond donors (Lipinski definition) is 2. The minimum Gasteiger partial charge on any atom is -0.480 e. The maximum Gasteiger partial charge on any atom is 0.261 e. The molecule has 5 heteroatoms. The lowest BCUT2D eigenvalue weighted by Crippen LogP contribution is -2.46. The van der Waals surface area contributed by atoms with Crippen LogP contribution in [0.15, 0.2) is 24.3 Å². The zero-order valence-corrected chi connectivity index (χ0v) is 13.2. The number of rotatable bonds is 3. The largest absolute Gasteiger partial charge is 0.480 e. The molecule has 0 radical (unpaired) electrons. The molecule has 2 aliphatic rings. The molecule has 1 fully saturated rings. The summed E-state index contributed by atoms with van der Waals surface area (Å²) in [5.41, 5.74) is 1.34. The number of ether oxygens (including phenoxy) is 1. The molecule has 3 rings (SSSR count). The molecule has 1 amide bonds. The summed E-state index contributed by atoms with van der Waals surface area (Å²) in [6, 6.07) is 7.88. The Bertz CT molecular complexity index is 476. The molecule has 0 aromatic heterocycles. The van der Waals surface area contributed by atoms with Gasteiger partial charge in [-0.3, -0.25) is 4.79 Å².